The van der Waals surface area contributed by atoms with E-state index in [1.165, 1.54) is 0 Å². The first kappa shape index (κ1) is 22.4. The highest BCUT2D eigenvalue weighted by Crippen LogP contribution is 2.28. The maximum atomic E-state index is 12.9. The zero-order chi connectivity index (χ0) is 21.5. The number of hydrogen-bond donors (Lipinski definition) is 2. The molecule has 1 saturated heterocycles. The first-order chi connectivity index (χ1) is 15.0. The molecule has 1 fully saturated rings. The first-order valence-electron chi connectivity index (χ1n) is 10.1. The Labute approximate surface area is 198 Å². The van der Waals surface area contributed by atoms with Crippen molar-refractivity contribution in [1.29, 1.82) is 0 Å². The van der Waals surface area contributed by atoms with Crippen LogP contribution >= 0.6 is 28.3 Å². The fourth-order valence-corrected chi connectivity index (χ4v) is 4.22. The molecule has 0 aliphatic carbocycles. The Balaban J connectivity index is 0.00000245. The summed E-state index contributed by atoms with van der Waals surface area (Å²) in [5.41, 5.74) is 2.23. The fraction of sp³-hybridized carbons (Fsp3) is 0.350. The van der Waals surface area contributed by atoms with E-state index >= 15 is 0 Å². The van der Waals surface area contributed by atoms with E-state index in [1.54, 1.807) is 15.4 Å². The van der Waals surface area contributed by atoms with Crippen LogP contribution in [0.25, 0.3) is 27.9 Å². The second-order valence-electron chi connectivity index (χ2n) is 7.59. The van der Waals surface area contributed by atoms with Gasteiger partial charge in [0.15, 0.2) is 11.5 Å². The number of nitrogens with zero attached hydrogens (tertiary/aromatic N) is 7. The summed E-state index contributed by atoms with van der Waals surface area (Å²) in [6.45, 7) is 4.86. The smallest absolute Gasteiger partial charge is 0.244 e. The Bertz CT molecular complexity index is 1280. The van der Waals surface area contributed by atoms with Crippen molar-refractivity contribution in [3.8, 4) is 11.4 Å². The number of piperazine rings is 1. The van der Waals surface area contributed by atoms with E-state index in [0.29, 0.717) is 30.5 Å². The number of carbonyl (C=O) groups is 1. The molecule has 1 amide bonds. The number of nitrogens with one attached hydrogen (secondary N) is 2. The van der Waals surface area contributed by atoms with Gasteiger partial charge in [-0.05, 0) is 35.0 Å². The summed E-state index contributed by atoms with van der Waals surface area (Å²) in [6, 6.07) is 5.38. The van der Waals surface area contributed by atoms with E-state index in [0.717, 1.165) is 34.0 Å². The van der Waals surface area contributed by atoms with E-state index in [1.807, 2.05) is 43.3 Å². The predicted molar refractivity (Wildman–Crippen MR) is 128 cm³/mol. The Kier molecular flexibility index (Phi) is 6.31. The molecule has 1 aliphatic rings. The Morgan fingerprint density at radius 2 is 2.03 bits per heavy atom. The largest absolute Gasteiger partial charge is 0.343 e. The van der Waals surface area contributed by atoms with Gasteiger partial charge in [-0.15, -0.1) is 17.5 Å². The molecular weight excluding hydrogens is 498 g/mol. The second-order valence-corrected chi connectivity index (χ2v) is 8.44. The number of para-hydroxylation sites is 1. The maximum Gasteiger partial charge on any atom is 0.244 e. The number of anilines is 1. The number of fused-ring (bicyclic) bond motifs is 3. The summed E-state index contributed by atoms with van der Waals surface area (Å²) in [7, 11) is 1.85. The van der Waals surface area contributed by atoms with E-state index in [-0.39, 0.29) is 18.3 Å². The molecule has 1 aliphatic heterocycles. The third-order valence-electron chi connectivity index (χ3n) is 5.36. The van der Waals surface area contributed by atoms with Crippen molar-refractivity contribution in [3.63, 3.8) is 0 Å². The number of aryl methyl sites for hydroxylation is 1. The summed E-state index contributed by atoms with van der Waals surface area (Å²) in [6.07, 6.45) is 3.59. The molecule has 5 rings (SSSR count). The first-order valence-corrected chi connectivity index (χ1v) is 10.9. The fourth-order valence-electron chi connectivity index (χ4n) is 3.76. The highest BCUT2D eigenvalue weighted by molar-refractivity contribution is 9.10. The molecule has 2 N–H and O–H groups in total. The molecular formula is C20H23BrClN9O. The van der Waals surface area contributed by atoms with Crippen molar-refractivity contribution in [1.82, 2.24) is 39.6 Å². The zero-order valence-electron chi connectivity index (χ0n) is 17.6. The van der Waals surface area contributed by atoms with Gasteiger partial charge in [0.05, 0.1) is 17.3 Å². The minimum atomic E-state index is -0.459. The third-order valence-corrected chi connectivity index (χ3v) is 6.00. The van der Waals surface area contributed by atoms with Crippen molar-refractivity contribution in [2.75, 3.05) is 31.5 Å². The van der Waals surface area contributed by atoms with E-state index in [2.05, 4.69) is 36.8 Å². The molecule has 4 heterocycles. The zero-order valence-corrected chi connectivity index (χ0v) is 20.0. The van der Waals surface area contributed by atoms with Gasteiger partial charge in [0.1, 0.15) is 6.04 Å². The normalized spacial score (nSPS) is 15.0. The van der Waals surface area contributed by atoms with Crippen molar-refractivity contribution in [3.05, 3.63) is 35.1 Å². The quantitative estimate of drug-likeness (QED) is 0.424. The van der Waals surface area contributed by atoms with Crippen LogP contribution in [0.15, 0.2) is 35.1 Å². The van der Waals surface area contributed by atoms with Gasteiger partial charge in [-0.2, -0.15) is 9.61 Å². The van der Waals surface area contributed by atoms with Gasteiger partial charge in [0.25, 0.3) is 0 Å². The van der Waals surface area contributed by atoms with Crippen LogP contribution in [0.1, 0.15) is 6.92 Å². The summed E-state index contributed by atoms with van der Waals surface area (Å²) in [4.78, 5) is 24.4. The Hall–Kier alpha value is -2.76. The summed E-state index contributed by atoms with van der Waals surface area (Å²) in [5, 5.41) is 16.3. The summed E-state index contributed by atoms with van der Waals surface area (Å²) >= 11 is 3.59. The lowest BCUT2D eigenvalue weighted by Gasteiger charge is -2.30. The number of aromatic nitrogens is 6. The minimum Gasteiger partial charge on any atom is -0.343 e. The van der Waals surface area contributed by atoms with Crippen molar-refractivity contribution in [2.45, 2.75) is 13.0 Å². The number of benzene rings is 1. The van der Waals surface area contributed by atoms with Crippen LogP contribution < -0.4 is 10.6 Å². The molecule has 4 aromatic rings. The molecule has 1 aromatic carbocycles. The molecule has 0 radical (unpaired) electrons. The van der Waals surface area contributed by atoms with Gasteiger partial charge < -0.3 is 15.5 Å². The Morgan fingerprint density at radius 1 is 1.25 bits per heavy atom. The summed E-state index contributed by atoms with van der Waals surface area (Å²) < 4.78 is 4.22. The van der Waals surface area contributed by atoms with Gasteiger partial charge in [-0.3, -0.25) is 9.48 Å². The molecule has 0 spiro atoms. The molecule has 168 valence electrons. The van der Waals surface area contributed by atoms with Gasteiger partial charge >= 0.3 is 0 Å². The lowest BCUT2D eigenvalue weighted by molar-refractivity contribution is -0.132. The molecule has 10 nitrogen and oxygen atoms in total. The molecule has 32 heavy (non-hydrogen) atoms. The lowest BCUT2D eigenvalue weighted by Crippen LogP contribution is -2.50. The van der Waals surface area contributed by atoms with Gasteiger partial charge in [0, 0.05) is 49.3 Å². The SMILES string of the molecule is C[C@@H](Nc1nc2c(Br)cccc2c2nc(-c3cnn(C)c3)nn12)C(=O)N1CCNCC1.Cl. The van der Waals surface area contributed by atoms with Crippen LogP contribution in [0.5, 0.6) is 0 Å². The standard InChI is InChI=1S/C20H22BrN9O.ClH/c1-12(19(31)29-8-6-22-7-9-29)24-20-25-16-14(4-3-5-15(16)21)18-26-17(27-30(18)20)13-10-23-28(2)11-13;/h3-5,10-12,22H,6-9H2,1-2H3,(H,24,25);1H/t12-;/m1./s1. The average molecular weight is 521 g/mol. The van der Waals surface area contributed by atoms with Crippen LogP contribution in [0.4, 0.5) is 5.95 Å². The topological polar surface area (TPSA) is 105 Å². The van der Waals surface area contributed by atoms with Gasteiger partial charge in [0.2, 0.25) is 11.9 Å². The predicted octanol–water partition coefficient (Wildman–Crippen LogP) is 2.09. The monoisotopic (exact) mass is 519 g/mol. The lowest BCUT2D eigenvalue weighted by atomic mass is 10.2. The molecule has 12 heteroatoms. The number of halogens is 2. The average Bonchev–Trinajstić information content (AvgIpc) is 3.41. The van der Waals surface area contributed by atoms with E-state index in [9.17, 15) is 4.79 Å². The van der Waals surface area contributed by atoms with Crippen LogP contribution in [-0.2, 0) is 11.8 Å². The van der Waals surface area contributed by atoms with E-state index in [4.69, 9.17) is 9.97 Å². The van der Waals surface area contributed by atoms with Crippen molar-refractivity contribution in [2.24, 2.45) is 7.05 Å². The molecule has 0 saturated carbocycles. The van der Waals surface area contributed by atoms with Crippen molar-refractivity contribution >= 4 is 56.7 Å². The number of carbonyl (C=O) groups excluding carboxylic acids is 1. The van der Waals surface area contributed by atoms with Crippen LogP contribution in [0.3, 0.4) is 0 Å². The molecule has 0 bridgehead atoms. The van der Waals surface area contributed by atoms with Crippen molar-refractivity contribution < 1.29 is 4.79 Å². The summed E-state index contributed by atoms with van der Waals surface area (Å²) in [5.74, 6) is 1.05. The second kappa shape index (κ2) is 9.00. The number of hydrogen-bond acceptors (Lipinski definition) is 7. The van der Waals surface area contributed by atoms with Crippen LogP contribution in [-0.4, -0.2) is 72.4 Å². The molecule has 0 unspecified atom stereocenters. The number of amides is 1. The third kappa shape index (κ3) is 4.03. The molecule has 1 atom stereocenters. The minimum absolute atomic E-state index is 0. The number of rotatable bonds is 4. The Morgan fingerprint density at radius 3 is 2.75 bits per heavy atom. The highest BCUT2D eigenvalue weighted by Gasteiger charge is 2.24. The van der Waals surface area contributed by atoms with Crippen LogP contribution in [0, 0.1) is 0 Å². The van der Waals surface area contributed by atoms with E-state index < -0.39 is 6.04 Å². The van der Waals surface area contributed by atoms with Gasteiger partial charge in [-0.1, -0.05) is 6.07 Å². The van der Waals surface area contributed by atoms with Crippen LogP contribution in [0.2, 0.25) is 0 Å². The molecule has 3 aromatic heterocycles. The highest BCUT2D eigenvalue weighted by atomic mass is 79.9. The van der Waals surface area contributed by atoms with Gasteiger partial charge in [-0.25, -0.2) is 9.97 Å². The maximum absolute atomic E-state index is 12.9.